The lowest BCUT2D eigenvalue weighted by Crippen LogP contribution is -2.55. The average Bonchev–Trinajstić information content (AvgIpc) is 2.44. The SMILES string of the molecule is C[C@H]1OCCN[C@@H]1C(=O)NCCOc1cccc(Br)c1.Cl. The van der Waals surface area contributed by atoms with Gasteiger partial charge >= 0.3 is 0 Å². The molecule has 1 aliphatic rings. The summed E-state index contributed by atoms with van der Waals surface area (Å²) in [6.45, 7) is 4.16. The summed E-state index contributed by atoms with van der Waals surface area (Å²) in [6, 6.07) is 7.33. The van der Waals surface area contributed by atoms with Crippen molar-refractivity contribution in [2.75, 3.05) is 26.3 Å². The molecule has 1 aromatic carbocycles. The molecule has 2 rings (SSSR count). The van der Waals surface area contributed by atoms with Crippen LogP contribution in [0, 0.1) is 0 Å². The molecule has 21 heavy (non-hydrogen) atoms. The minimum atomic E-state index is -0.283. The molecule has 0 saturated carbocycles. The molecule has 5 nitrogen and oxygen atoms in total. The molecule has 0 radical (unpaired) electrons. The number of hydrogen-bond donors (Lipinski definition) is 2. The third-order valence-corrected chi connectivity index (χ3v) is 3.56. The Morgan fingerprint density at radius 2 is 2.38 bits per heavy atom. The van der Waals surface area contributed by atoms with Crippen molar-refractivity contribution in [3.8, 4) is 5.75 Å². The molecule has 2 N–H and O–H groups in total. The summed E-state index contributed by atoms with van der Waals surface area (Å²) in [4.78, 5) is 12.0. The van der Waals surface area contributed by atoms with Gasteiger partial charge in [-0.2, -0.15) is 0 Å². The first kappa shape index (κ1) is 18.2. The van der Waals surface area contributed by atoms with Gasteiger partial charge in [-0.1, -0.05) is 22.0 Å². The van der Waals surface area contributed by atoms with E-state index < -0.39 is 0 Å². The number of rotatable bonds is 5. The molecule has 1 fully saturated rings. The summed E-state index contributed by atoms with van der Waals surface area (Å²) in [5.74, 6) is 0.733. The molecule has 0 spiro atoms. The van der Waals surface area contributed by atoms with Gasteiger partial charge in [-0.3, -0.25) is 4.79 Å². The topological polar surface area (TPSA) is 59.6 Å². The van der Waals surface area contributed by atoms with Crippen molar-refractivity contribution in [1.29, 1.82) is 0 Å². The van der Waals surface area contributed by atoms with Gasteiger partial charge in [0.1, 0.15) is 18.4 Å². The molecule has 7 heteroatoms. The van der Waals surface area contributed by atoms with Crippen molar-refractivity contribution in [2.24, 2.45) is 0 Å². The lowest BCUT2D eigenvalue weighted by Gasteiger charge is -2.29. The summed E-state index contributed by atoms with van der Waals surface area (Å²) in [5.41, 5.74) is 0. The van der Waals surface area contributed by atoms with Gasteiger partial charge in [0.25, 0.3) is 0 Å². The number of carbonyl (C=O) groups excluding carboxylic acids is 1. The van der Waals surface area contributed by atoms with E-state index in [-0.39, 0.29) is 30.5 Å². The van der Waals surface area contributed by atoms with Crippen LogP contribution >= 0.6 is 28.3 Å². The van der Waals surface area contributed by atoms with E-state index in [2.05, 4.69) is 26.6 Å². The lowest BCUT2D eigenvalue weighted by atomic mass is 10.1. The van der Waals surface area contributed by atoms with Crippen LogP contribution in [0.2, 0.25) is 0 Å². The summed E-state index contributed by atoms with van der Waals surface area (Å²) in [5, 5.41) is 6.00. The van der Waals surface area contributed by atoms with Crippen LogP contribution in [0.5, 0.6) is 5.75 Å². The summed E-state index contributed by atoms with van der Waals surface area (Å²) in [6.07, 6.45) is -0.102. The van der Waals surface area contributed by atoms with E-state index in [1.165, 1.54) is 0 Å². The van der Waals surface area contributed by atoms with Gasteiger partial charge < -0.3 is 20.1 Å². The maximum atomic E-state index is 12.0. The Labute approximate surface area is 139 Å². The van der Waals surface area contributed by atoms with Gasteiger partial charge in [0.15, 0.2) is 0 Å². The van der Waals surface area contributed by atoms with Crippen LogP contribution in [0.15, 0.2) is 28.7 Å². The average molecular weight is 380 g/mol. The van der Waals surface area contributed by atoms with Crippen molar-refractivity contribution in [3.05, 3.63) is 28.7 Å². The zero-order valence-electron chi connectivity index (χ0n) is 11.8. The highest BCUT2D eigenvalue weighted by Crippen LogP contribution is 2.17. The van der Waals surface area contributed by atoms with E-state index in [9.17, 15) is 4.79 Å². The van der Waals surface area contributed by atoms with Gasteiger partial charge in [0, 0.05) is 11.0 Å². The van der Waals surface area contributed by atoms with Gasteiger partial charge in [0.05, 0.1) is 19.3 Å². The number of benzene rings is 1. The zero-order chi connectivity index (χ0) is 14.4. The van der Waals surface area contributed by atoms with Crippen LogP contribution in [-0.4, -0.2) is 44.4 Å². The van der Waals surface area contributed by atoms with Crippen molar-refractivity contribution in [1.82, 2.24) is 10.6 Å². The molecular weight excluding hydrogens is 360 g/mol. The second-order valence-electron chi connectivity index (χ2n) is 4.60. The third-order valence-electron chi connectivity index (χ3n) is 3.07. The molecule has 0 bridgehead atoms. The normalized spacial score (nSPS) is 21.2. The maximum Gasteiger partial charge on any atom is 0.239 e. The summed E-state index contributed by atoms with van der Waals surface area (Å²) >= 11 is 3.38. The van der Waals surface area contributed by atoms with Crippen LogP contribution in [0.1, 0.15) is 6.92 Å². The highest BCUT2D eigenvalue weighted by atomic mass is 79.9. The first-order valence-electron chi connectivity index (χ1n) is 6.68. The molecule has 1 aliphatic heterocycles. The Morgan fingerprint density at radius 3 is 3.10 bits per heavy atom. The standard InChI is InChI=1S/C14H19BrN2O3.ClH/c1-10-13(16-5-7-19-10)14(18)17-6-8-20-12-4-2-3-11(15)9-12;/h2-4,9-10,13,16H,5-8H2,1H3,(H,17,18);1H/t10-,13+;/m1./s1. The predicted octanol–water partition coefficient (Wildman–Crippen LogP) is 1.74. The Balaban J connectivity index is 0.00000220. The zero-order valence-corrected chi connectivity index (χ0v) is 14.2. The number of nitrogens with one attached hydrogen (secondary N) is 2. The Morgan fingerprint density at radius 1 is 1.57 bits per heavy atom. The maximum absolute atomic E-state index is 12.0. The van der Waals surface area contributed by atoms with Crippen LogP contribution < -0.4 is 15.4 Å². The highest BCUT2D eigenvalue weighted by molar-refractivity contribution is 9.10. The fourth-order valence-electron chi connectivity index (χ4n) is 2.04. The molecule has 0 aliphatic carbocycles. The smallest absolute Gasteiger partial charge is 0.239 e. The second kappa shape index (κ2) is 9.25. The Kier molecular flexibility index (Phi) is 8.03. The number of halogens is 2. The van der Waals surface area contributed by atoms with Crippen molar-refractivity contribution < 1.29 is 14.3 Å². The molecule has 1 amide bonds. The lowest BCUT2D eigenvalue weighted by molar-refractivity contribution is -0.129. The van der Waals surface area contributed by atoms with E-state index in [0.29, 0.717) is 26.3 Å². The molecule has 0 unspecified atom stereocenters. The fraction of sp³-hybridized carbons (Fsp3) is 0.500. The monoisotopic (exact) mass is 378 g/mol. The Bertz CT molecular complexity index is 462. The largest absolute Gasteiger partial charge is 0.492 e. The van der Waals surface area contributed by atoms with E-state index in [1.807, 2.05) is 31.2 Å². The second-order valence-corrected chi connectivity index (χ2v) is 5.52. The van der Waals surface area contributed by atoms with Crippen LogP contribution in [0.3, 0.4) is 0 Å². The third kappa shape index (κ3) is 5.82. The quantitative estimate of drug-likeness (QED) is 0.765. The van der Waals surface area contributed by atoms with Crippen LogP contribution in [-0.2, 0) is 9.53 Å². The minimum absolute atomic E-state index is 0. The number of amides is 1. The number of carbonyl (C=O) groups is 1. The molecule has 1 saturated heterocycles. The van der Waals surface area contributed by atoms with Gasteiger partial charge in [0.2, 0.25) is 5.91 Å². The first-order valence-corrected chi connectivity index (χ1v) is 7.47. The number of morpholine rings is 1. The molecule has 118 valence electrons. The fourth-order valence-corrected chi connectivity index (χ4v) is 2.42. The van der Waals surface area contributed by atoms with E-state index in [1.54, 1.807) is 0 Å². The molecule has 1 heterocycles. The van der Waals surface area contributed by atoms with Gasteiger partial charge in [-0.05, 0) is 25.1 Å². The minimum Gasteiger partial charge on any atom is -0.492 e. The van der Waals surface area contributed by atoms with Crippen LogP contribution in [0.4, 0.5) is 0 Å². The highest BCUT2D eigenvalue weighted by Gasteiger charge is 2.27. The van der Waals surface area contributed by atoms with Gasteiger partial charge in [-0.15, -0.1) is 12.4 Å². The Hall–Kier alpha value is -0.820. The van der Waals surface area contributed by atoms with E-state index in [4.69, 9.17) is 9.47 Å². The number of hydrogen-bond acceptors (Lipinski definition) is 4. The molecular formula is C14H20BrClN2O3. The molecule has 0 aromatic heterocycles. The van der Waals surface area contributed by atoms with Crippen molar-refractivity contribution in [3.63, 3.8) is 0 Å². The first-order chi connectivity index (χ1) is 9.66. The van der Waals surface area contributed by atoms with Crippen LogP contribution in [0.25, 0.3) is 0 Å². The van der Waals surface area contributed by atoms with Crippen molar-refractivity contribution in [2.45, 2.75) is 19.1 Å². The molecule has 2 atom stereocenters. The van der Waals surface area contributed by atoms with E-state index >= 15 is 0 Å². The van der Waals surface area contributed by atoms with E-state index in [0.717, 1.165) is 10.2 Å². The summed E-state index contributed by atoms with van der Waals surface area (Å²) < 4.78 is 12.0. The number of ether oxygens (including phenoxy) is 2. The van der Waals surface area contributed by atoms with Crippen molar-refractivity contribution >= 4 is 34.2 Å². The van der Waals surface area contributed by atoms with Gasteiger partial charge in [-0.25, -0.2) is 0 Å². The predicted molar refractivity (Wildman–Crippen MR) is 87.1 cm³/mol. The molecule has 1 aromatic rings. The summed E-state index contributed by atoms with van der Waals surface area (Å²) in [7, 11) is 0.